The molecule has 2 N–H and O–H groups in total. The van der Waals surface area contributed by atoms with E-state index in [0.717, 1.165) is 55.3 Å². The van der Waals surface area contributed by atoms with Gasteiger partial charge in [0.25, 0.3) is 0 Å². The molecular weight excluding hydrogens is 517 g/mol. The van der Waals surface area contributed by atoms with Crippen LogP contribution in [0.15, 0.2) is 39.8 Å². The van der Waals surface area contributed by atoms with E-state index >= 15 is 0 Å². The molecule has 1 aliphatic heterocycles. The summed E-state index contributed by atoms with van der Waals surface area (Å²) in [5.74, 6) is 1.86. The number of nitrogens with one attached hydrogen (secondary N) is 2. The van der Waals surface area contributed by atoms with Gasteiger partial charge in [-0.25, -0.2) is 0 Å². The lowest BCUT2D eigenvalue weighted by atomic mass is 10.0. The van der Waals surface area contributed by atoms with Crippen LogP contribution in [0.5, 0.6) is 0 Å². The number of morpholine rings is 1. The Morgan fingerprint density at radius 3 is 2.50 bits per heavy atom. The molecule has 1 saturated heterocycles. The standard InChI is InChI=1S/C21H30ClN5O2.HI/c1-15(2)19-12-18(29-26-19)13-24-21(23-3)25-14-20(27-8-10-28-11-9-27)16-4-6-17(22)7-5-16;/h4-7,12,15,20H,8-11,13-14H2,1-3H3,(H2,23,24,25);1H. The third-order valence-electron chi connectivity index (χ3n) is 5.03. The summed E-state index contributed by atoms with van der Waals surface area (Å²) in [5, 5.41) is 11.6. The molecule has 1 atom stereocenters. The van der Waals surface area contributed by atoms with E-state index in [9.17, 15) is 0 Å². The average molecular weight is 548 g/mol. The lowest BCUT2D eigenvalue weighted by Gasteiger charge is -2.35. The minimum Gasteiger partial charge on any atom is -0.379 e. The minimum absolute atomic E-state index is 0. The Balaban J connectivity index is 0.00000320. The number of ether oxygens (including phenoxy) is 1. The summed E-state index contributed by atoms with van der Waals surface area (Å²) in [7, 11) is 1.77. The van der Waals surface area contributed by atoms with Gasteiger partial charge in [0.05, 0.1) is 31.5 Å². The Kier molecular flexibility index (Phi) is 10.4. The van der Waals surface area contributed by atoms with E-state index in [0.29, 0.717) is 12.5 Å². The highest BCUT2D eigenvalue weighted by Crippen LogP contribution is 2.23. The molecule has 1 unspecified atom stereocenters. The fourth-order valence-corrected chi connectivity index (χ4v) is 3.43. The largest absolute Gasteiger partial charge is 0.379 e. The number of aromatic nitrogens is 1. The van der Waals surface area contributed by atoms with Gasteiger partial charge in [-0.1, -0.05) is 42.7 Å². The van der Waals surface area contributed by atoms with Crippen molar-refractivity contribution in [1.29, 1.82) is 0 Å². The van der Waals surface area contributed by atoms with Gasteiger partial charge in [-0.3, -0.25) is 9.89 Å². The quantitative estimate of drug-likeness (QED) is 0.312. The zero-order valence-electron chi connectivity index (χ0n) is 17.7. The summed E-state index contributed by atoms with van der Waals surface area (Å²) < 4.78 is 10.9. The molecule has 0 amide bonds. The van der Waals surface area contributed by atoms with Crippen molar-refractivity contribution < 1.29 is 9.26 Å². The number of halogens is 2. The summed E-state index contributed by atoms with van der Waals surface area (Å²) in [6, 6.07) is 10.2. The van der Waals surface area contributed by atoms with Gasteiger partial charge in [-0.2, -0.15) is 0 Å². The average Bonchev–Trinajstić information content (AvgIpc) is 3.22. The summed E-state index contributed by atoms with van der Waals surface area (Å²) in [6.07, 6.45) is 0. The highest BCUT2D eigenvalue weighted by Gasteiger charge is 2.23. The summed E-state index contributed by atoms with van der Waals surface area (Å²) in [4.78, 5) is 6.77. The van der Waals surface area contributed by atoms with E-state index in [1.807, 2.05) is 18.2 Å². The maximum atomic E-state index is 6.08. The Morgan fingerprint density at radius 2 is 1.90 bits per heavy atom. The van der Waals surface area contributed by atoms with Crippen LogP contribution < -0.4 is 10.6 Å². The summed E-state index contributed by atoms with van der Waals surface area (Å²) in [6.45, 7) is 8.74. The highest BCUT2D eigenvalue weighted by atomic mass is 127. The molecule has 30 heavy (non-hydrogen) atoms. The number of aliphatic imine (C=N–C) groups is 1. The third kappa shape index (κ3) is 7.11. The van der Waals surface area contributed by atoms with E-state index in [1.54, 1.807) is 7.05 Å². The molecule has 2 heterocycles. The Morgan fingerprint density at radius 1 is 1.20 bits per heavy atom. The van der Waals surface area contributed by atoms with Gasteiger partial charge in [-0.05, 0) is 23.6 Å². The van der Waals surface area contributed by atoms with E-state index in [1.165, 1.54) is 5.56 Å². The van der Waals surface area contributed by atoms with Crippen molar-refractivity contribution in [3.63, 3.8) is 0 Å². The van der Waals surface area contributed by atoms with Crippen molar-refractivity contribution in [2.24, 2.45) is 4.99 Å². The van der Waals surface area contributed by atoms with Crippen molar-refractivity contribution >= 4 is 41.5 Å². The van der Waals surface area contributed by atoms with E-state index < -0.39 is 0 Å². The first-order valence-corrected chi connectivity index (χ1v) is 10.4. The van der Waals surface area contributed by atoms with E-state index in [-0.39, 0.29) is 30.0 Å². The van der Waals surface area contributed by atoms with Crippen molar-refractivity contribution in [1.82, 2.24) is 20.7 Å². The molecular formula is C21H31ClIN5O2. The third-order valence-corrected chi connectivity index (χ3v) is 5.28. The van der Waals surface area contributed by atoms with Gasteiger partial charge >= 0.3 is 0 Å². The molecule has 0 aliphatic carbocycles. The zero-order chi connectivity index (χ0) is 20.6. The maximum Gasteiger partial charge on any atom is 0.191 e. The number of nitrogens with zero attached hydrogens (tertiary/aromatic N) is 3. The minimum atomic E-state index is 0. The Hall–Kier alpha value is -1.36. The normalized spacial score (nSPS) is 16.2. The highest BCUT2D eigenvalue weighted by molar-refractivity contribution is 14.0. The van der Waals surface area contributed by atoms with Crippen LogP contribution in [-0.2, 0) is 11.3 Å². The van der Waals surface area contributed by atoms with Gasteiger partial charge in [0.2, 0.25) is 0 Å². The maximum absolute atomic E-state index is 6.08. The molecule has 9 heteroatoms. The first-order valence-electron chi connectivity index (χ1n) is 10.0. The van der Waals surface area contributed by atoms with Crippen LogP contribution in [-0.4, -0.2) is 55.9 Å². The lowest BCUT2D eigenvalue weighted by Crippen LogP contribution is -2.46. The van der Waals surface area contributed by atoms with Crippen LogP contribution in [0.2, 0.25) is 5.02 Å². The van der Waals surface area contributed by atoms with Crippen molar-refractivity contribution in [3.05, 3.63) is 52.4 Å². The van der Waals surface area contributed by atoms with Gasteiger partial charge in [0.1, 0.15) is 0 Å². The topological polar surface area (TPSA) is 74.9 Å². The number of benzene rings is 1. The van der Waals surface area contributed by atoms with Crippen LogP contribution >= 0.6 is 35.6 Å². The van der Waals surface area contributed by atoms with Gasteiger partial charge in [0.15, 0.2) is 11.7 Å². The smallest absolute Gasteiger partial charge is 0.191 e. The molecule has 166 valence electrons. The molecule has 1 fully saturated rings. The fraction of sp³-hybridized carbons (Fsp3) is 0.524. The molecule has 1 aliphatic rings. The first-order chi connectivity index (χ1) is 14.1. The van der Waals surface area contributed by atoms with E-state index in [2.05, 4.69) is 51.7 Å². The Labute approximate surface area is 200 Å². The Bertz CT molecular complexity index is 791. The van der Waals surface area contributed by atoms with Crippen LogP contribution in [0.4, 0.5) is 0 Å². The van der Waals surface area contributed by atoms with Crippen molar-refractivity contribution in [2.45, 2.75) is 32.4 Å². The second-order valence-electron chi connectivity index (χ2n) is 7.40. The van der Waals surface area contributed by atoms with Gasteiger partial charge in [-0.15, -0.1) is 24.0 Å². The van der Waals surface area contributed by atoms with Crippen molar-refractivity contribution in [3.8, 4) is 0 Å². The van der Waals surface area contributed by atoms with Crippen LogP contribution in [0.25, 0.3) is 0 Å². The van der Waals surface area contributed by atoms with Gasteiger partial charge < -0.3 is 19.9 Å². The number of guanidine groups is 1. The lowest BCUT2D eigenvalue weighted by molar-refractivity contribution is 0.0170. The SMILES string of the molecule is CN=C(NCc1cc(C(C)C)no1)NCC(c1ccc(Cl)cc1)N1CCOCC1.I. The summed E-state index contributed by atoms with van der Waals surface area (Å²) in [5.41, 5.74) is 2.18. The zero-order valence-corrected chi connectivity index (χ0v) is 20.8. The molecule has 2 aromatic rings. The monoisotopic (exact) mass is 547 g/mol. The molecule has 3 rings (SSSR count). The predicted octanol–water partition coefficient (Wildman–Crippen LogP) is 3.81. The number of rotatable bonds is 7. The second kappa shape index (κ2) is 12.5. The van der Waals surface area contributed by atoms with Crippen LogP contribution in [0, 0.1) is 0 Å². The number of hydrogen-bond donors (Lipinski definition) is 2. The second-order valence-corrected chi connectivity index (χ2v) is 7.83. The molecule has 0 radical (unpaired) electrons. The molecule has 1 aromatic heterocycles. The predicted molar refractivity (Wildman–Crippen MR) is 131 cm³/mol. The van der Waals surface area contributed by atoms with Crippen LogP contribution in [0.1, 0.15) is 42.8 Å². The summed E-state index contributed by atoms with van der Waals surface area (Å²) >= 11 is 6.08. The number of hydrogen-bond acceptors (Lipinski definition) is 5. The molecule has 0 bridgehead atoms. The van der Waals surface area contributed by atoms with E-state index in [4.69, 9.17) is 20.9 Å². The first kappa shape index (κ1) is 24.9. The molecule has 0 spiro atoms. The molecule has 0 saturated carbocycles. The molecule has 7 nitrogen and oxygen atoms in total. The van der Waals surface area contributed by atoms with Crippen LogP contribution in [0.3, 0.4) is 0 Å². The van der Waals surface area contributed by atoms with Crippen molar-refractivity contribution in [2.75, 3.05) is 39.9 Å². The van der Waals surface area contributed by atoms with Gasteiger partial charge in [0, 0.05) is 37.8 Å². The fourth-order valence-electron chi connectivity index (χ4n) is 3.30. The molecule has 1 aromatic carbocycles.